The van der Waals surface area contributed by atoms with E-state index in [9.17, 15) is 13.2 Å². The molecule has 1 N–H and O–H groups in total. The minimum atomic E-state index is -3.45. The molecular weight excluding hydrogens is 342 g/mol. The average molecular weight is 365 g/mol. The number of aromatic nitrogens is 3. The third kappa shape index (κ3) is 5.10. The van der Waals surface area contributed by atoms with E-state index >= 15 is 0 Å². The van der Waals surface area contributed by atoms with Crippen molar-refractivity contribution in [1.82, 2.24) is 24.4 Å². The molecular formula is C16H23N5O3S. The van der Waals surface area contributed by atoms with Crippen LogP contribution in [0.25, 0.3) is 0 Å². The van der Waals surface area contributed by atoms with E-state index in [1.807, 2.05) is 13.8 Å². The molecule has 1 aromatic heterocycles. The number of hydrogen-bond donors (Lipinski definition) is 1. The van der Waals surface area contributed by atoms with Crippen LogP contribution in [0.4, 0.5) is 0 Å². The van der Waals surface area contributed by atoms with Gasteiger partial charge in [-0.25, -0.2) is 13.4 Å². The fourth-order valence-corrected chi connectivity index (χ4v) is 3.80. The Morgan fingerprint density at radius 2 is 1.88 bits per heavy atom. The van der Waals surface area contributed by atoms with Crippen molar-refractivity contribution in [3.8, 4) is 0 Å². The fourth-order valence-electron chi connectivity index (χ4n) is 2.35. The molecule has 0 aliphatic rings. The number of rotatable bonds is 9. The van der Waals surface area contributed by atoms with E-state index in [0.29, 0.717) is 32.6 Å². The number of nitrogens with one attached hydrogen (secondary N) is 1. The summed E-state index contributed by atoms with van der Waals surface area (Å²) in [7, 11) is -3.45. The lowest BCUT2D eigenvalue weighted by molar-refractivity contribution is -0.121. The zero-order valence-corrected chi connectivity index (χ0v) is 15.2. The lowest BCUT2D eigenvalue weighted by atomic mass is 10.2. The Morgan fingerprint density at radius 1 is 1.20 bits per heavy atom. The van der Waals surface area contributed by atoms with E-state index in [-0.39, 0.29) is 10.8 Å². The molecule has 1 heterocycles. The van der Waals surface area contributed by atoms with Crippen LogP contribution in [0.3, 0.4) is 0 Å². The van der Waals surface area contributed by atoms with Gasteiger partial charge in [0.15, 0.2) is 0 Å². The summed E-state index contributed by atoms with van der Waals surface area (Å²) in [6, 6.07) is 6.58. The molecule has 0 saturated carbocycles. The van der Waals surface area contributed by atoms with Gasteiger partial charge in [0.1, 0.15) is 12.7 Å². The second-order valence-corrected chi connectivity index (χ2v) is 7.36. The second-order valence-electron chi connectivity index (χ2n) is 5.42. The highest BCUT2D eigenvalue weighted by Gasteiger charge is 2.21. The summed E-state index contributed by atoms with van der Waals surface area (Å²) in [4.78, 5) is 15.9. The summed E-state index contributed by atoms with van der Waals surface area (Å²) >= 11 is 0. The number of aryl methyl sites for hydroxylation is 1. The summed E-state index contributed by atoms with van der Waals surface area (Å²) in [6.07, 6.45) is 3.28. The van der Waals surface area contributed by atoms with Gasteiger partial charge >= 0.3 is 0 Å². The molecule has 0 radical (unpaired) electrons. The summed E-state index contributed by atoms with van der Waals surface area (Å²) in [5.41, 5.74) is 0.840. The highest BCUT2D eigenvalue weighted by molar-refractivity contribution is 7.89. The van der Waals surface area contributed by atoms with Crippen LogP contribution in [-0.4, -0.2) is 46.5 Å². The van der Waals surface area contributed by atoms with Gasteiger partial charge in [-0.3, -0.25) is 9.48 Å². The van der Waals surface area contributed by atoms with Gasteiger partial charge in [-0.15, -0.1) is 0 Å². The van der Waals surface area contributed by atoms with E-state index in [4.69, 9.17) is 0 Å². The minimum Gasteiger partial charge on any atom is -0.352 e. The monoisotopic (exact) mass is 365 g/mol. The van der Waals surface area contributed by atoms with E-state index in [2.05, 4.69) is 15.4 Å². The van der Waals surface area contributed by atoms with Crippen molar-refractivity contribution in [2.24, 2.45) is 0 Å². The van der Waals surface area contributed by atoms with Gasteiger partial charge in [-0.1, -0.05) is 26.0 Å². The Kier molecular flexibility index (Phi) is 6.65. The number of nitrogens with zero attached hydrogens (tertiary/aromatic N) is 4. The number of carbonyl (C=O) groups is 1. The molecule has 1 aromatic carbocycles. The van der Waals surface area contributed by atoms with Crippen LogP contribution in [0.5, 0.6) is 0 Å². The van der Waals surface area contributed by atoms with E-state index < -0.39 is 10.0 Å². The standard InChI is InChI=1S/C16H23N5O3S/c1-3-21(4-2)25(23,24)15-7-5-14(6-8-15)11-18-16(22)9-10-20-13-17-12-19-20/h5-8,12-13H,3-4,9-11H2,1-2H3,(H,18,22). The summed E-state index contributed by atoms with van der Waals surface area (Å²) in [5.74, 6) is -0.102. The number of carbonyl (C=O) groups excluding carboxylic acids is 1. The first-order valence-electron chi connectivity index (χ1n) is 8.15. The van der Waals surface area contributed by atoms with Gasteiger partial charge < -0.3 is 5.32 Å². The average Bonchev–Trinajstić information content (AvgIpc) is 3.13. The molecule has 0 aliphatic carbocycles. The molecule has 2 rings (SSSR count). The molecule has 136 valence electrons. The SMILES string of the molecule is CCN(CC)S(=O)(=O)c1ccc(CNC(=O)CCn2cncn2)cc1. The van der Waals surface area contributed by atoms with Crippen molar-refractivity contribution >= 4 is 15.9 Å². The normalized spacial score (nSPS) is 11.6. The molecule has 0 unspecified atom stereocenters. The molecule has 0 spiro atoms. The van der Waals surface area contributed by atoms with Crippen LogP contribution in [0.1, 0.15) is 25.8 Å². The minimum absolute atomic E-state index is 0.102. The van der Waals surface area contributed by atoms with Gasteiger partial charge in [0.25, 0.3) is 0 Å². The molecule has 0 bridgehead atoms. The number of benzene rings is 1. The lowest BCUT2D eigenvalue weighted by Gasteiger charge is -2.18. The van der Waals surface area contributed by atoms with Gasteiger partial charge in [0.2, 0.25) is 15.9 Å². The van der Waals surface area contributed by atoms with E-state index in [1.54, 1.807) is 35.3 Å². The Hall–Kier alpha value is -2.26. The maximum atomic E-state index is 12.4. The highest BCUT2D eigenvalue weighted by atomic mass is 32.2. The van der Waals surface area contributed by atoms with Crippen LogP contribution in [0, 0.1) is 0 Å². The molecule has 0 fully saturated rings. The number of hydrogen-bond acceptors (Lipinski definition) is 5. The first kappa shape index (κ1) is 19.1. The molecule has 0 atom stereocenters. The van der Waals surface area contributed by atoms with Crippen LogP contribution in [0.2, 0.25) is 0 Å². The molecule has 1 amide bonds. The van der Waals surface area contributed by atoms with Crippen LogP contribution in [0.15, 0.2) is 41.8 Å². The fraction of sp³-hybridized carbons (Fsp3) is 0.438. The van der Waals surface area contributed by atoms with Gasteiger partial charge in [0.05, 0.1) is 11.4 Å². The Morgan fingerprint density at radius 3 is 2.44 bits per heavy atom. The molecule has 0 saturated heterocycles. The summed E-state index contributed by atoms with van der Waals surface area (Å²) < 4.78 is 27.8. The van der Waals surface area contributed by atoms with Crippen molar-refractivity contribution in [2.75, 3.05) is 13.1 Å². The first-order valence-corrected chi connectivity index (χ1v) is 9.59. The van der Waals surface area contributed by atoms with Gasteiger partial charge in [-0.2, -0.15) is 9.40 Å². The molecule has 25 heavy (non-hydrogen) atoms. The van der Waals surface area contributed by atoms with Gasteiger partial charge in [0, 0.05) is 26.1 Å². The van der Waals surface area contributed by atoms with Crippen LogP contribution in [-0.2, 0) is 27.9 Å². The molecule has 2 aromatic rings. The predicted molar refractivity (Wildman–Crippen MR) is 93.0 cm³/mol. The topological polar surface area (TPSA) is 97.2 Å². The quantitative estimate of drug-likeness (QED) is 0.715. The zero-order chi connectivity index (χ0) is 18.3. The largest absolute Gasteiger partial charge is 0.352 e. The second kappa shape index (κ2) is 8.72. The van der Waals surface area contributed by atoms with Gasteiger partial charge in [-0.05, 0) is 17.7 Å². The maximum absolute atomic E-state index is 12.4. The number of amides is 1. The summed E-state index contributed by atoms with van der Waals surface area (Å²) in [6.45, 7) is 5.30. The van der Waals surface area contributed by atoms with Crippen LogP contribution >= 0.6 is 0 Å². The smallest absolute Gasteiger partial charge is 0.243 e. The van der Waals surface area contributed by atoms with Crippen molar-refractivity contribution in [2.45, 2.75) is 38.3 Å². The predicted octanol–water partition coefficient (Wildman–Crippen LogP) is 1.02. The lowest BCUT2D eigenvalue weighted by Crippen LogP contribution is -2.30. The summed E-state index contributed by atoms with van der Waals surface area (Å²) in [5, 5.41) is 6.74. The van der Waals surface area contributed by atoms with E-state index in [1.165, 1.54) is 10.6 Å². The van der Waals surface area contributed by atoms with Crippen molar-refractivity contribution < 1.29 is 13.2 Å². The van der Waals surface area contributed by atoms with Crippen molar-refractivity contribution in [3.05, 3.63) is 42.5 Å². The Balaban J connectivity index is 1.88. The third-order valence-corrected chi connectivity index (χ3v) is 5.85. The van der Waals surface area contributed by atoms with Crippen LogP contribution < -0.4 is 5.32 Å². The highest BCUT2D eigenvalue weighted by Crippen LogP contribution is 2.16. The van der Waals surface area contributed by atoms with Crippen molar-refractivity contribution in [3.63, 3.8) is 0 Å². The maximum Gasteiger partial charge on any atom is 0.243 e. The molecule has 8 nitrogen and oxygen atoms in total. The first-order chi connectivity index (χ1) is 12.0. The Bertz CT molecular complexity index is 769. The number of sulfonamides is 1. The van der Waals surface area contributed by atoms with Crippen molar-refractivity contribution in [1.29, 1.82) is 0 Å². The van der Waals surface area contributed by atoms with E-state index in [0.717, 1.165) is 5.56 Å². The molecule has 0 aliphatic heterocycles. The zero-order valence-electron chi connectivity index (χ0n) is 14.4. The third-order valence-electron chi connectivity index (χ3n) is 3.79. The Labute approximate surface area is 147 Å². The molecule has 9 heteroatoms.